The summed E-state index contributed by atoms with van der Waals surface area (Å²) in [7, 11) is 4.04. The first-order valence-electron chi connectivity index (χ1n) is 11.7. The summed E-state index contributed by atoms with van der Waals surface area (Å²) in [5.74, 6) is 1.07. The molecule has 2 aromatic rings. The third kappa shape index (κ3) is 3.68. The van der Waals surface area contributed by atoms with Crippen LogP contribution in [0.15, 0.2) is 36.4 Å². The van der Waals surface area contributed by atoms with Crippen molar-refractivity contribution >= 4 is 11.7 Å². The van der Waals surface area contributed by atoms with Crippen LogP contribution in [0.25, 0.3) is 0 Å². The summed E-state index contributed by atoms with van der Waals surface area (Å²) in [5, 5.41) is 0. The second-order valence-corrected chi connectivity index (χ2v) is 9.29. The zero-order valence-corrected chi connectivity index (χ0v) is 19.8. The summed E-state index contributed by atoms with van der Waals surface area (Å²) in [5.41, 5.74) is 2.24. The molecule has 176 valence electrons. The molecule has 5 rings (SSSR count). The Morgan fingerprint density at radius 3 is 2.39 bits per heavy atom. The van der Waals surface area contributed by atoms with Crippen molar-refractivity contribution in [2.75, 3.05) is 45.5 Å². The van der Waals surface area contributed by atoms with Crippen molar-refractivity contribution in [1.82, 2.24) is 4.90 Å². The summed E-state index contributed by atoms with van der Waals surface area (Å²) < 4.78 is 23.7. The number of ether oxygens (including phenoxy) is 4. The molecule has 0 bridgehead atoms. The van der Waals surface area contributed by atoms with E-state index in [0.717, 1.165) is 48.5 Å². The largest absolute Gasteiger partial charge is 0.471 e. The molecule has 1 fully saturated rings. The van der Waals surface area contributed by atoms with Crippen molar-refractivity contribution in [2.24, 2.45) is 5.92 Å². The summed E-state index contributed by atoms with van der Waals surface area (Å²) in [6.07, 6.45) is 2.18. The Balaban J connectivity index is 1.69. The molecular weight excluding hydrogens is 420 g/mol. The fraction of sp³-hybridized carbons (Fsp3) is 0.500. The minimum atomic E-state index is -0.839. The number of benzene rings is 2. The quantitative estimate of drug-likeness (QED) is 0.636. The Morgan fingerprint density at radius 1 is 1.09 bits per heavy atom. The first-order chi connectivity index (χ1) is 15.9. The highest BCUT2D eigenvalue weighted by atomic mass is 16.7. The Morgan fingerprint density at radius 2 is 1.76 bits per heavy atom. The maximum atomic E-state index is 13.6. The van der Waals surface area contributed by atoms with Crippen LogP contribution < -0.4 is 19.1 Å². The summed E-state index contributed by atoms with van der Waals surface area (Å²) in [6.45, 7) is 6.17. The average molecular weight is 453 g/mol. The molecule has 0 radical (unpaired) electrons. The molecule has 3 atom stereocenters. The van der Waals surface area contributed by atoms with E-state index >= 15 is 0 Å². The van der Waals surface area contributed by atoms with E-state index in [4.69, 9.17) is 18.9 Å². The second kappa shape index (κ2) is 8.45. The van der Waals surface area contributed by atoms with Gasteiger partial charge in [-0.25, -0.2) is 0 Å². The molecule has 33 heavy (non-hydrogen) atoms. The molecule has 0 amide bonds. The zero-order valence-electron chi connectivity index (χ0n) is 19.8. The number of hydrogen-bond acceptors (Lipinski definition) is 7. The van der Waals surface area contributed by atoms with Gasteiger partial charge in [-0.2, -0.15) is 0 Å². The maximum Gasteiger partial charge on any atom is 0.315 e. The number of fused-ring (bicyclic) bond motifs is 2. The maximum absolute atomic E-state index is 13.6. The van der Waals surface area contributed by atoms with Gasteiger partial charge in [0.25, 0.3) is 0 Å². The van der Waals surface area contributed by atoms with Crippen LogP contribution in [-0.2, 0) is 9.53 Å². The van der Waals surface area contributed by atoms with Gasteiger partial charge < -0.3 is 23.8 Å². The van der Waals surface area contributed by atoms with Crippen LogP contribution in [0.2, 0.25) is 0 Å². The Kier molecular flexibility index (Phi) is 5.60. The van der Waals surface area contributed by atoms with Crippen LogP contribution in [-0.4, -0.2) is 57.2 Å². The molecule has 2 aromatic carbocycles. The van der Waals surface area contributed by atoms with Gasteiger partial charge in [0.2, 0.25) is 6.79 Å². The summed E-state index contributed by atoms with van der Waals surface area (Å²) in [4.78, 5) is 17.9. The van der Waals surface area contributed by atoms with Crippen molar-refractivity contribution in [2.45, 2.75) is 38.3 Å². The van der Waals surface area contributed by atoms with Crippen LogP contribution in [0.3, 0.4) is 0 Å². The fourth-order valence-electron chi connectivity index (χ4n) is 5.41. The third-order valence-electron chi connectivity index (χ3n) is 7.11. The van der Waals surface area contributed by atoms with Gasteiger partial charge in [-0.1, -0.05) is 12.1 Å². The average Bonchev–Trinajstić information content (AvgIpc) is 3.49. The minimum absolute atomic E-state index is 0.186. The molecule has 3 aliphatic heterocycles. The Hall–Kier alpha value is -2.93. The highest BCUT2D eigenvalue weighted by Crippen LogP contribution is 2.53. The van der Waals surface area contributed by atoms with Gasteiger partial charge in [0.15, 0.2) is 17.2 Å². The van der Waals surface area contributed by atoms with Crippen LogP contribution >= 0.6 is 0 Å². The monoisotopic (exact) mass is 452 g/mol. The van der Waals surface area contributed by atoms with E-state index in [1.807, 2.05) is 40.1 Å². The van der Waals surface area contributed by atoms with Crippen molar-refractivity contribution < 1.29 is 23.7 Å². The molecule has 0 N–H and O–H groups in total. The van der Waals surface area contributed by atoms with Gasteiger partial charge in [0.1, 0.15) is 11.7 Å². The lowest BCUT2D eigenvalue weighted by molar-refractivity contribution is -0.174. The third-order valence-corrected chi connectivity index (χ3v) is 7.11. The lowest BCUT2D eigenvalue weighted by Crippen LogP contribution is -2.61. The number of rotatable bonds is 5. The molecule has 0 spiro atoms. The van der Waals surface area contributed by atoms with Crippen LogP contribution in [0, 0.1) is 5.92 Å². The molecule has 0 aromatic heterocycles. The molecule has 7 nitrogen and oxygen atoms in total. The van der Waals surface area contributed by atoms with Crippen molar-refractivity contribution in [1.29, 1.82) is 0 Å². The van der Waals surface area contributed by atoms with Crippen molar-refractivity contribution in [3.8, 4) is 17.2 Å². The lowest BCUT2D eigenvalue weighted by atomic mass is 9.72. The highest BCUT2D eigenvalue weighted by Gasteiger charge is 2.56. The number of hydrogen-bond donors (Lipinski definition) is 0. The van der Waals surface area contributed by atoms with Gasteiger partial charge >= 0.3 is 5.97 Å². The molecular formula is C26H32N2O5. The molecule has 0 saturated carbocycles. The van der Waals surface area contributed by atoms with E-state index < -0.39 is 11.6 Å². The van der Waals surface area contributed by atoms with E-state index in [9.17, 15) is 4.79 Å². The Bertz CT molecular complexity index is 1030. The van der Waals surface area contributed by atoms with E-state index in [1.54, 1.807) is 0 Å². The smallest absolute Gasteiger partial charge is 0.315 e. The Labute approximate surface area is 195 Å². The van der Waals surface area contributed by atoms with E-state index in [0.29, 0.717) is 18.1 Å². The number of carbonyl (C=O) groups excluding carboxylic acids is 1. The fourth-order valence-corrected chi connectivity index (χ4v) is 5.41. The predicted molar refractivity (Wildman–Crippen MR) is 125 cm³/mol. The standard InChI is InChI=1S/C26H32N2O5/c1-5-30-25(29)24-23(17-8-10-18(11-9-17)27(3)4)19-14-21-22(32-16-31-21)15-20(19)33-26(24,2)28-12-6-7-13-28/h8-11,14-15,23-24H,5-7,12-13,16H2,1-4H3/t23-,24-,26+/m0/s1. The molecule has 1 saturated heterocycles. The van der Waals surface area contributed by atoms with Crippen LogP contribution in [0.5, 0.6) is 17.2 Å². The number of nitrogens with zero attached hydrogens (tertiary/aromatic N) is 2. The zero-order chi connectivity index (χ0) is 23.2. The van der Waals surface area contributed by atoms with Gasteiger partial charge in [-0.3, -0.25) is 9.69 Å². The van der Waals surface area contributed by atoms with Crippen molar-refractivity contribution in [3.05, 3.63) is 47.5 Å². The molecule has 0 unspecified atom stereocenters. The first-order valence-corrected chi connectivity index (χ1v) is 11.7. The summed E-state index contributed by atoms with van der Waals surface area (Å²) in [6, 6.07) is 12.3. The highest BCUT2D eigenvalue weighted by molar-refractivity contribution is 5.78. The number of likely N-dealkylation sites (tertiary alicyclic amines) is 1. The number of anilines is 1. The number of carbonyl (C=O) groups is 1. The van der Waals surface area contributed by atoms with Gasteiger partial charge in [-0.05, 0) is 50.5 Å². The van der Waals surface area contributed by atoms with Crippen molar-refractivity contribution in [3.63, 3.8) is 0 Å². The van der Waals surface area contributed by atoms with E-state index in [1.165, 1.54) is 0 Å². The molecule has 0 aliphatic carbocycles. The molecule has 3 heterocycles. The first kappa shape index (κ1) is 21.9. The van der Waals surface area contributed by atoms with Crippen LogP contribution in [0.1, 0.15) is 43.7 Å². The van der Waals surface area contributed by atoms with Gasteiger partial charge in [-0.15, -0.1) is 0 Å². The lowest BCUT2D eigenvalue weighted by Gasteiger charge is -2.49. The minimum Gasteiger partial charge on any atom is -0.471 e. The molecule has 7 heteroatoms. The summed E-state index contributed by atoms with van der Waals surface area (Å²) >= 11 is 0. The SMILES string of the molecule is CCOC(=O)[C@@H]1[C@@H](c2ccc(N(C)C)cc2)c2cc3c(cc2O[C@@]1(C)N1CCCC1)OCO3. The molecule has 3 aliphatic rings. The predicted octanol–water partition coefficient (Wildman–Crippen LogP) is 4.00. The van der Waals surface area contributed by atoms with E-state index in [2.05, 4.69) is 34.1 Å². The van der Waals surface area contributed by atoms with E-state index in [-0.39, 0.29) is 18.7 Å². The topological polar surface area (TPSA) is 60.5 Å². The number of esters is 1. The van der Waals surface area contributed by atoms with Gasteiger partial charge in [0, 0.05) is 50.4 Å². The second-order valence-electron chi connectivity index (χ2n) is 9.29. The van der Waals surface area contributed by atoms with Crippen LogP contribution in [0.4, 0.5) is 5.69 Å². The normalized spacial score (nSPS) is 25.9. The van der Waals surface area contributed by atoms with Gasteiger partial charge in [0.05, 0.1) is 6.61 Å².